The van der Waals surface area contributed by atoms with E-state index < -0.39 is 5.97 Å². The Bertz CT molecular complexity index is 1470. The molecule has 5 aromatic rings. The number of benzene rings is 2. The van der Waals surface area contributed by atoms with Crippen molar-refractivity contribution in [3.05, 3.63) is 70.3 Å². The third-order valence-corrected chi connectivity index (χ3v) is 7.22. The average molecular weight is 540 g/mol. The Morgan fingerprint density at radius 1 is 1.32 bits per heavy atom. The molecule has 0 aliphatic heterocycles. The molecule has 0 aliphatic carbocycles. The number of thioether (sulfide) groups is 1. The maximum atomic E-state index is 13.2. The summed E-state index contributed by atoms with van der Waals surface area (Å²) in [6.07, 6.45) is 5.17. The molecule has 0 fully saturated rings. The first kappa shape index (κ1) is 22.5. The number of nitrogens with one attached hydrogen (secondary N) is 1. The van der Waals surface area contributed by atoms with Crippen LogP contribution in [0.15, 0.2) is 58.7 Å². The minimum Gasteiger partial charge on any atom is -0.506 e. The van der Waals surface area contributed by atoms with Crippen molar-refractivity contribution < 1.29 is 14.6 Å². The summed E-state index contributed by atoms with van der Waals surface area (Å²) in [7, 11) is 1.92. The van der Waals surface area contributed by atoms with E-state index in [0.717, 1.165) is 27.4 Å². The number of carbonyl (C=O) groups is 1. The Balaban J connectivity index is 1.64. The van der Waals surface area contributed by atoms with E-state index in [9.17, 15) is 9.90 Å². The van der Waals surface area contributed by atoms with Gasteiger partial charge in [0.05, 0.1) is 46.1 Å². The van der Waals surface area contributed by atoms with Crippen molar-refractivity contribution in [2.45, 2.75) is 24.4 Å². The molecule has 0 radical (unpaired) electrons. The number of H-pyrrole nitrogens is 1. The number of hydrogen-bond donors (Lipinski definition) is 2. The number of aromatic amines is 1. The fourth-order valence-corrected chi connectivity index (χ4v) is 5.53. The highest BCUT2D eigenvalue weighted by Gasteiger charge is 2.27. The second-order valence-electron chi connectivity index (χ2n) is 7.76. The Kier molecular flexibility index (Phi) is 6.09. The van der Waals surface area contributed by atoms with Crippen molar-refractivity contribution in [1.82, 2.24) is 24.1 Å². The van der Waals surface area contributed by atoms with Crippen LogP contribution in [0, 0.1) is 0 Å². The maximum absolute atomic E-state index is 13.2. The van der Waals surface area contributed by atoms with E-state index >= 15 is 0 Å². The molecule has 0 saturated carbocycles. The number of ether oxygens (including phenoxy) is 1. The lowest BCUT2D eigenvalue weighted by Crippen LogP contribution is -2.09. The van der Waals surface area contributed by atoms with Crippen LogP contribution in [0.4, 0.5) is 0 Å². The highest BCUT2D eigenvalue weighted by Crippen LogP contribution is 2.41. The lowest BCUT2D eigenvalue weighted by molar-refractivity contribution is 0.0527. The molecule has 0 aliphatic rings. The fraction of sp³-hybridized carbons (Fsp3) is 0.208. The van der Waals surface area contributed by atoms with E-state index in [2.05, 4.69) is 30.9 Å². The molecule has 3 heterocycles. The molecule has 34 heavy (non-hydrogen) atoms. The Morgan fingerprint density at radius 3 is 2.88 bits per heavy atom. The molecule has 2 aromatic carbocycles. The average Bonchev–Trinajstić information content (AvgIpc) is 3.54. The number of esters is 1. The largest absolute Gasteiger partial charge is 0.506 e. The molecule has 0 bridgehead atoms. The normalized spacial score (nSPS) is 11.5. The van der Waals surface area contributed by atoms with Crippen molar-refractivity contribution in [3.63, 3.8) is 0 Å². The molecular formula is C24H22BrN5O3S. The van der Waals surface area contributed by atoms with E-state index in [-0.39, 0.29) is 12.4 Å². The third kappa shape index (κ3) is 3.97. The summed E-state index contributed by atoms with van der Waals surface area (Å²) in [6, 6.07) is 9.69. The predicted octanol–water partition coefficient (Wildman–Crippen LogP) is 5.24. The summed E-state index contributed by atoms with van der Waals surface area (Å²) in [4.78, 5) is 25.3. The number of hydrogen-bond acceptors (Lipinski definition) is 6. The smallest absolute Gasteiger partial charge is 0.340 e. The number of halogens is 1. The number of imidazole rings is 2. The standard InChI is InChI=1S/C24H22BrN5O3S/c1-3-33-23(32)21-19(12-34-24-27-16-6-4-5-7-17(16)28-24)29(2)18-10-15(25)22(31)14(20(18)21)11-30-9-8-26-13-30/h4-10,13,31H,3,11-12H2,1-2H3,(H,27,28). The van der Waals surface area contributed by atoms with Crippen molar-refractivity contribution in [1.29, 1.82) is 0 Å². The van der Waals surface area contributed by atoms with Crippen LogP contribution in [0.5, 0.6) is 5.75 Å². The first-order chi connectivity index (χ1) is 16.5. The predicted molar refractivity (Wildman–Crippen MR) is 135 cm³/mol. The van der Waals surface area contributed by atoms with Gasteiger partial charge in [-0.2, -0.15) is 0 Å². The van der Waals surface area contributed by atoms with Crippen LogP contribution in [-0.2, 0) is 24.1 Å². The maximum Gasteiger partial charge on any atom is 0.340 e. The summed E-state index contributed by atoms with van der Waals surface area (Å²) in [5, 5.41) is 12.4. The van der Waals surface area contributed by atoms with Crippen molar-refractivity contribution >= 4 is 55.6 Å². The summed E-state index contributed by atoms with van der Waals surface area (Å²) >= 11 is 4.99. The second kappa shape index (κ2) is 9.19. The van der Waals surface area contributed by atoms with Crippen LogP contribution in [0.25, 0.3) is 21.9 Å². The fourth-order valence-electron chi connectivity index (χ4n) is 4.12. The molecule has 0 saturated heterocycles. The number of phenols is 1. The first-order valence-electron chi connectivity index (χ1n) is 10.7. The Morgan fingerprint density at radius 2 is 2.15 bits per heavy atom. The molecule has 3 aromatic heterocycles. The zero-order valence-corrected chi connectivity index (χ0v) is 21.0. The molecule has 0 atom stereocenters. The summed E-state index contributed by atoms with van der Waals surface area (Å²) in [5.74, 6) is 0.165. The number of carbonyl (C=O) groups excluding carboxylic acids is 1. The topological polar surface area (TPSA) is 98.0 Å². The second-order valence-corrected chi connectivity index (χ2v) is 9.58. The van der Waals surface area contributed by atoms with E-state index in [0.29, 0.717) is 33.3 Å². The minimum absolute atomic E-state index is 0.0915. The molecule has 174 valence electrons. The Hall–Kier alpha value is -3.24. The van der Waals surface area contributed by atoms with E-state index in [1.165, 1.54) is 11.8 Å². The highest BCUT2D eigenvalue weighted by molar-refractivity contribution is 9.10. The molecule has 0 amide bonds. The summed E-state index contributed by atoms with van der Waals surface area (Å²) in [5.41, 5.74) is 4.56. The van der Waals surface area contributed by atoms with Crippen molar-refractivity contribution in [2.24, 2.45) is 7.05 Å². The van der Waals surface area contributed by atoms with Gasteiger partial charge < -0.3 is 24.0 Å². The SMILES string of the molecule is CCOC(=O)c1c(CSc2nc3ccccc3[nH]2)n(C)c2cc(Br)c(O)c(Cn3ccnc3)c12. The van der Waals surface area contributed by atoms with Gasteiger partial charge in [-0.25, -0.2) is 14.8 Å². The number of nitrogens with zero attached hydrogens (tertiary/aromatic N) is 4. The first-order valence-corrected chi connectivity index (χ1v) is 12.5. The highest BCUT2D eigenvalue weighted by atomic mass is 79.9. The van der Waals surface area contributed by atoms with Gasteiger partial charge in [0, 0.05) is 41.8 Å². The molecule has 5 rings (SSSR count). The van der Waals surface area contributed by atoms with Crippen LogP contribution in [0.1, 0.15) is 28.5 Å². The quantitative estimate of drug-likeness (QED) is 0.217. The van der Waals surface area contributed by atoms with Crippen LogP contribution >= 0.6 is 27.7 Å². The molecular weight excluding hydrogens is 518 g/mol. The number of aryl methyl sites for hydroxylation is 1. The zero-order valence-electron chi connectivity index (χ0n) is 18.6. The third-order valence-electron chi connectivity index (χ3n) is 5.73. The monoisotopic (exact) mass is 539 g/mol. The minimum atomic E-state index is -0.415. The van der Waals surface area contributed by atoms with Gasteiger partial charge in [-0.1, -0.05) is 23.9 Å². The lowest BCUT2D eigenvalue weighted by Gasteiger charge is -2.11. The van der Waals surface area contributed by atoms with E-state index in [4.69, 9.17) is 4.74 Å². The summed E-state index contributed by atoms with van der Waals surface area (Å²) < 4.78 is 9.85. The van der Waals surface area contributed by atoms with Gasteiger partial charge in [-0.05, 0) is 41.1 Å². The van der Waals surface area contributed by atoms with Gasteiger partial charge in [0.1, 0.15) is 5.75 Å². The number of rotatable bonds is 7. The van der Waals surface area contributed by atoms with Gasteiger partial charge in [-0.15, -0.1) is 0 Å². The van der Waals surface area contributed by atoms with Gasteiger partial charge in [0.25, 0.3) is 0 Å². The van der Waals surface area contributed by atoms with Gasteiger partial charge in [-0.3, -0.25) is 0 Å². The molecule has 0 spiro atoms. The zero-order chi connectivity index (χ0) is 23.8. The van der Waals surface area contributed by atoms with Crippen LogP contribution < -0.4 is 0 Å². The number of aromatic nitrogens is 5. The molecule has 10 heteroatoms. The molecule has 0 unspecified atom stereocenters. The Labute approximate surface area is 208 Å². The van der Waals surface area contributed by atoms with Crippen LogP contribution in [-0.4, -0.2) is 41.8 Å². The number of fused-ring (bicyclic) bond motifs is 2. The molecule has 8 nitrogen and oxygen atoms in total. The van der Waals surface area contributed by atoms with Crippen molar-refractivity contribution in [2.75, 3.05) is 6.61 Å². The number of aromatic hydroxyl groups is 1. The van der Waals surface area contributed by atoms with Gasteiger partial charge in [0.2, 0.25) is 0 Å². The van der Waals surface area contributed by atoms with Gasteiger partial charge in [0.15, 0.2) is 5.16 Å². The van der Waals surface area contributed by atoms with Crippen LogP contribution in [0.2, 0.25) is 0 Å². The van der Waals surface area contributed by atoms with E-state index in [1.807, 2.05) is 52.7 Å². The van der Waals surface area contributed by atoms with Crippen molar-refractivity contribution in [3.8, 4) is 5.75 Å². The molecule has 2 N–H and O–H groups in total. The summed E-state index contributed by atoms with van der Waals surface area (Å²) in [6.45, 7) is 2.39. The number of phenolic OH excluding ortho intramolecular Hbond substituents is 1. The number of para-hydroxylation sites is 2. The lowest BCUT2D eigenvalue weighted by atomic mass is 10.0. The van der Waals surface area contributed by atoms with E-state index in [1.54, 1.807) is 19.4 Å². The van der Waals surface area contributed by atoms with Gasteiger partial charge >= 0.3 is 5.97 Å². The van der Waals surface area contributed by atoms with Crippen LogP contribution in [0.3, 0.4) is 0 Å².